The van der Waals surface area contributed by atoms with Crippen LogP contribution >= 0.6 is 11.8 Å². The third-order valence-electron chi connectivity index (χ3n) is 2.77. The maximum absolute atomic E-state index is 5.51. The van der Waals surface area contributed by atoms with E-state index in [1.54, 1.807) is 11.8 Å². The zero-order valence-corrected chi connectivity index (χ0v) is 13.3. The van der Waals surface area contributed by atoms with Crippen LogP contribution in [0.1, 0.15) is 25.8 Å². The Labute approximate surface area is 129 Å². The number of aryl methyl sites for hydroxylation is 1. The van der Waals surface area contributed by atoms with Gasteiger partial charge in [0.2, 0.25) is 6.29 Å². The van der Waals surface area contributed by atoms with Gasteiger partial charge in [0.15, 0.2) is 0 Å². The molecule has 0 fully saturated rings. The number of benzene rings is 1. The molecule has 1 aromatic heterocycles. The van der Waals surface area contributed by atoms with Crippen LogP contribution in [0.5, 0.6) is 0 Å². The molecule has 0 aliphatic heterocycles. The van der Waals surface area contributed by atoms with Gasteiger partial charge in [-0.1, -0.05) is 23.4 Å². The highest BCUT2D eigenvalue weighted by atomic mass is 32.2. The quantitative estimate of drug-likeness (QED) is 0.526. The van der Waals surface area contributed by atoms with Crippen LogP contribution in [0.2, 0.25) is 0 Å². The van der Waals surface area contributed by atoms with E-state index in [1.165, 1.54) is 4.90 Å². The number of hydrogen-bond donors (Lipinski definition) is 0. The SMILES string of the molecule is CCOC(OCC)c1cn(CCSc2ccccc2)nn1. The lowest BCUT2D eigenvalue weighted by Gasteiger charge is -2.13. The van der Waals surface area contributed by atoms with Gasteiger partial charge < -0.3 is 9.47 Å². The Kier molecular flexibility index (Phi) is 6.72. The zero-order valence-electron chi connectivity index (χ0n) is 12.4. The summed E-state index contributed by atoms with van der Waals surface area (Å²) in [5.41, 5.74) is 0.725. The summed E-state index contributed by atoms with van der Waals surface area (Å²) < 4.78 is 12.9. The lowest BCUT2D eigenvalue weighted by molar-refractivity contribution is -0.142. The van der Waals surface area contributed by atoms with E-state index in [0.717, 1.165) is 18.0 Å². The third kappa shape index (κ3) is 5.15. The Balaban J connectivity index is 1.84. The summed E-state index contributed by atoms with van der Waals surface area (Å²) in [6.45, 7) is 5.85. The van der Waals surface area contributed by atoms with Crippen LogP contribution in [0.15, 0.2) is 41.4 Å². The fourth-order valence-electron chi connectivity index (χ4n) is 1.83. The van der Waals surface area contributed by atoms with E-state index in [4.69, 9.17) is 9.47 Å². The minimum atomic E-state index is -0.421. The van der Waals surface area contributed by atoms with Gasteiger partial charge in [-0.05, 0) is 26.0 Å². The Morgan fingerprint density at radius 2 is 1.86 bits per heavy atom. The second-order valence-corrected chi connectivity index (χ2v) is 5.48. The fraction of sp³-hybridized carbons (Fsp3) is 0.467. The van der Waals surface area contributed by atoms with Gasteiger partial charge in [0.1, 0.15) is 5.69 Å². The predicted octanol–water partition coefficient (Wildman–Crippen LogP) is 3.14. The van der Waals surface area contributed by atoms with Gasteiger partial charge in [-0.3, -0.25) is 4.68 Å². The van der Waals surface area contributed by atoms with E-state index in [9.17, 15) is 0 Å². The first-order chi connectivity index (χ1) is 10.3. The Bertz CT molecular complexity index is 513. The molecule has 0 saturated carbocycles. The maximum atomic E-state index is 5.51. The first-order valence-corrected chi connectivity index (χ1v) is 8.13. The maximum Gasteiger partial charge on any atom is 0.204 e. The van der Waals surface area contributed by atoms with Crippen molar-refractivity contribution in [2.75, 3.05) is 19.0 Å². The average Bonchev–Trinajstić information content (AvgIpc) is 2.97. The Hall–Kier alpha value is -1.37. The molecule has 0 radical (unpaired) electrons. The molecule has 0 aliphatic carbocycles. The van der Waals surface area contributed by atoms with Crippen LogP contribution in [0, 0.1) is 0 Å². The fourth-order valence-corrected chi connectivity index (χ4v) is 2.69. The van der Waals surface area contributed by atoms with Crippen molar-refractivity contribution in [3.63, 3.8) is 0 Å². The van der Waals surface area contributed by atoms with E-state index in [2.05, 4.69) is 22.4 Å². The van der Waals surface area contributed by atoms with Crippen molar-refractivity contribution in [1.29, 1.82) is 0 Å². The Morgan fingerprint density at radius 3 is 2.52 bits per heavy atom. The molecular formula is C15H21N3O2S. The van der Waals surface area contributed by atoms with Crippen molar-refractivity contribution in [2.24, 2.45) is 0 Å². The van der Waals surface area contributed by atoms with E-state index in [0.29, 0.717) is 13.2 Å². The first-order valence-electron chi connectivity index (χ1n) is 7.14. The molecule has 0 spiro atoms. The molecule has 1 heterocycles. The molecule has 0 saturated heterocycles. The summed E-state index contributed by atoms with van der Waals surface area (Å²) >= 11 is 1.80. The van der Waals surface area contributed by atoms with E-state index >= 15 is 0 Å². The van der Waals surface area contributed by atoms with Gasteiger partial charge in [0.05, 0.1) is 12.7 Å². The van der Waals surface area contributed by atoms with Gasteiger partial charge in [-0.2, -0.15) is 0 Å². The summed E-state index contributed by atoms with van der Waals surface area (Å²) in [7, 11) is 0. The standard InChI is InChI=1S/C15H21N3O2S/c1-3-19-15(20-4-2)14-12-18(17-16-14)10-11-21-13-8-6-5-7-9-13/h5-9,12,15H,3-4,10-11H2,1-2H3. The molecule has 0 unspecified atom stereocenters. The lowest BCUT2D eigenvalue weighted by atomic mass is 10.4. The second kappa shape index (κ2) is 8.81. The molecular weight excluding hydrogens is 286 g/mol. The van der Waals surface area contributed by atoms with E-state index in [1.807, 2.05) is 42.9 Å². The highest BCUT2D eigenvalue weighted by Crippen LogP contribution is 2.18. The number of thioether (sulfide) groups is 1. The molecule has 1 aromatic carbocycles. The van der Waals surface area contributed by atoms with Crippen LogP contribution in [0.3, 0.4) is 0 Å². The van der Waals surface area contributed by atoms with Crippen molar-refractivity contribution in [2.45, 2.75) is 31.6 Å². The molecule has 0 aliphatic rings. The zero-order chi connectivity index (χ0) is 14.9. The predicted molar refractivity (Wildman–Crippen MR) is 83.2 cm³/mol. The van der Waals surface area contributed by atoms with Gasteiger partial charge in [-0.15, -0.1) is 16.9 Å². The highest BCUT2D eigenvalue weighted by Gasteiger charge is 2.15. The lowest BCUT2D eigenvalue weighted by Crippen LogP contribution is -2.09. The smallest absolute Gasteiger partial charge is 0.204 e. The molecule has 0 amide bonds. The minimum absolute atomic E-state index is 0.421. The Morgan fingerprint density at radius 1 is 1.14 bits per heavy atom. The number of rotatable bonds is 9. The normalized spacial score (nSPS) is 11.2. The molecule has 2 rings (SSSR count). The van der Waals surface area contributed by atoms with Crippen molar-refractivity contribution in [3.05, 3.63) is 42.2 Å². The summed E-state index contributed by atoms with van der Waals surface area (Å²) in [4.78, 5) is 1.26. The van der Waals surface area contributed by atoms with Crippen molar-refractivity contribution in [1.82, 2.24) is 15.0 Å². The van der Waals surface area contributed by atoms with Crippen LogP contribution in [-0.4, -0.2) is 34.0 Å². The molecule has 5 nitrogen and oxygen atoms in total. The van der Waals surface area contributed by atoms with Gasteiger partial charge in [0, 0.05) is 23.9 Å². The van der Waals surface area contributed by atoms with Gasteiger partial charge >= 0.3 is 0 Å². The van der Waals surface area contributed by atoms with Crippen LogP contribution in [-0.2, 0) is 16.0 Å². The average molecular weight is 307 g/mol. The number of ether oxygens (including phenoxy) is 2. The molecule has 0 bridgehead atoms. The topological polar surface area (TPSA) is 49.2 Å². The molecule has 6 heteroatoms. The summed E-state index contributed by atoms with van der Waals surface area (Å²) in [5, 5.41) is 8.26. The molecule has 21 heavy (non-hydrogen) atoms. The van der Waals surface area contributed by atoms with Crippen LogP contribution < -0.4 is 0 Å². The van der Waals surface area contributed by atoms with Crippen molar-refractivity contribution < 1.29 is 9.47 Å². The summed E-state index contributed by atoms with van der Waals surface area (Å²) in [6, 6.07) is 10.3. The minimum Gasteiger partial charge on any atom is -0.347 e. The first kappa shape index (κ1) is 16.0. The van der Waals surface area contributed by atoms with E-state index < -0.39 is 6.29 Å². The van der Waals surface area contributed by atoms with Crippen LogP contribution in [0.25, 0.3) is 0 Å². The molecule has 0 N–H and O–H groups in total. The largest absolute Gasteiger partial charge is 0.347 e. The summed E-state index contributed by atoms with van der Waals surface area (Å²) in [5.74, 6) is 0.945. The van der Waals surface area contributed by atoms with Gasteiger partial charge in [-0.25, -0.2) is 0 Å². The third-order valence-corrected chi connectivity index (χ3v) is 3.76. The van der Waals surface area contributed by atoms with E-state index in [-0.39, 0.29) is 0 Å². The number of hydrogen-bond acceptors (Lipinski definition) is 5. The number of nitrogens with zero attached hydrogens (tertiary/aromatic N) is 3. The monoisotopic (exact) mass is 307 g/mol. The summed E-state index contributed by atoms with van der Waals surface area (Å²) in [6.07, 6.45) is 1.47. The number of aromatic nitrogens is 3. The highest BCUT2D eigenvalue weighted by molar-refractivity contribution is 7.99. The van der Waals surface area contributed by atoms with Gasteiger partial charge in [0.25, 0.3) is 0 Å². The molecule has 114 valence electrons. The van der Waals surface area contributed by atoms with Crippen molar-refractivity contribution in [3.8, 4) is 0 Å². The van der Waals surface area contributed by atoms with Crippen molar-refractivity contribution >= 4 is 11.8 Å². The molecule has 2 aromatic rings. The van der Waals surface area contributed by atoms with Crippen LogP contribution in [0.4, 0.5) is 0 Å². The molecule has 0 atom stereocenters. The second-order valence-electron chi connectivity index (χ2n) is 4.31.